The van der Waals surface area contributed by atoms with Gasteiger partial charge < -0.3 is 4.74 Å². The topological polar surface area (TPSA) is 26.0 Å². The van der Waals surface area contributed by atoms with Crippen LogP contribution in [0.2, 0.25) is 0 Å². The SMILES string of the molecule is CCOc1cc[n+](CC)cn1. The average molecular weight is 153 g/mol. The highest BCUT2D eigenvalue weighted by atomic mass is 16.5. The van der Waals surface area contributed by atoms with Crippen LogP contribution in [0.3, 0.4) is 0 Å². The van der Waals surface area contributed by atoms with Crippen LogP contribution < -0.4 is 9.30 Å². The summed E-state index contributed by atoms with van der Waals surface area (Å²) < 4.78 is 7.17. The molecule has 1 aromatic rings. The van der Waals surface area contributed by atoms with Crippen molar-refractivity contribution in [3.05, 3.63) is 18.6 Å². The van der Waals surface area contributed by atoms with Gasteiger partial charge in [-0.1, -0.05) is 0 Å². The second-order valence-corrected chi connectivity index (χ2v) is 2.16. The van der Waals surface area contributed by atoms with Crippen LogP contribution in [-0.4, -0.2) is 11.6 Å². The maximum absolute atomic E-state index is 5.18. The second-order valence-electron chi connectivity index (χ2n) is 2.16. The Hall–Kier alpha value is -1.12. The molecule has 0 saturated heterocycles. The molecule has 0 bridgehead atoms. The van der Waals surface area contributed by atoms with E-state index in [1.165, 1.54) is 0 Å². The summed E-state index contributed by atoms with van der Waals surface area (Å²) in [5.74, 6) is 0.692. The first-order valence-electron chi connectivity index (χ1n) is 3.84. The normalized spacial score (nSPS) is 9.64. The van der Waals surface area contributed by atoms with Gasteiger partial charge in [-0.3, -0.25) is 0 Å². The van der Waals surface area contributed by atoms with Crippen LogP contribution in [0.25, 0.3) is 0 Å². The molecule has 0 aromatic carbocycles. The zero-order chi connectivity index (χ0) is 8.10. The Kier molecular flexibility index (Phi) is 2.83. The van der Waals surface area contributed by atoms with E-state index in [1.54, 1.807) is 6.33 Å². The number of ether oxygens (including phenoxy) is 1. The van der Waals surface area contributed by atoms with Gasteiger partial charge >= 0.3 is 5.88 Å². The molecule has 0 radical (unpaired) electrons. The van der Waals surface area contributed by atoms with Gasteiger partial charge in [0.05, 0.1) is 25.4 Å². The van der Waals surface area contributed by atoms with E-state index in [-0.39, 0.29) is 0 Å². The number of aryl methyl sites for hydroxylation is 1. The van der Waals surface area contributed by atoms with Gasteiger partial charge in [0, 0.05) is 0 Å². The van der Waals surface area contributed by atoms with E-state index in [2.05, 4.69) is 11.9 Å². The Morgan fingerprint density at radius 1 is 1.55 bits per heavy atom. The molecule has 0 saturated carbocycles. The number of nitrogens with zero attached hydrogens (tertiary/aromatic N) is 2. The molecule has 0 amide bonds. The van der Waals surface area contributed by atoms with Gasteiger partial charge in [0.15, 0.2) is 0 Å². The fraction of sp³-hybridized carbons (Fsp3) is 0.500. The van der Waals surface area contributed by atoms with E-state index >= 15 is 0 Å². The fourth-order valence-corrected chi connectivity index (χ4v) is 0.792. The number of hydrogen-bond donors (Lipinski definition) is 0. The molecule has 0 atom stereocenters. The molecular formula is C8H13N2O+. The Labute approximate surface area is 66.7 Å². The van der Waals surface area contributed by atoms with Crippen LogP contribution in [0.1, 0.15) is 13.8 Å². The first-order chi connectivity index (χ1) is 5.36. The third kappa shape index (κ3) is 2.18. The summed E-state index contributed by atoms with van der Waals surface area (Å²) in [6.45, 7) is 5.63. The van der Waals surface area contributed by atoms with Gasteiger partial charge in [-0.25, -0.2) is 4.57 Å². The van der Waals surface area contributed by atoms with Gasteiger partial charge in [-0.05, 0) is 18.8 Å². The molecule has 11 heavy (non-hydrogen) atoms. The van der Waals surface area contributed by atoms with E-state index in [4.69, 9.17) is 4.74 Å². The quantitative estimate of drug-likeness (QED) is 0.600. The zero-order valence-electron chi connectivity index (χ0n) is 6.95. The molecule has 0 aliphatic carbocycles. The summed E-state index contributed by atoms with van der Waals surface area (Å²) in [6.07, 6.45) is 3.73. The van der Waals surface area contributed by atoms with Crippen molar-refractivity contribution in [3.63, 3.8) is 0 Å². The largest absolute Gasteiger partial charge is 0.460 e. The van der Waals surface area contributed by atoms with Gasteiger partial charge in [0.25, 0.3) is 6.33 Å². The van der Waals surface area contributed by atoms with Crippen LogP contribution in [0.15, 0.2) is 18.6 Å². The summed E-state index contributed by atoms with van der Waals surface area (Å²) in [7, 11) is 0. The smallest absolute Gasteiger partial charge is 0.331 e. The first-order valence-corrected chi connectivity index (χ1v) is 3.84. The highest BCUT2D eigenvalue weighted by molar-refractivity contribution is 5.01. The van der Waals surface area contributed by atoms with Crippen LogP contribution in [0, 0.1) is 0 Å². The maximum Gasteiger partial charge on any atom is 0.331 e. The van der Waals surface area contributed by atoms with Crippen molar-refractivity contribution < 1.29 is 9.30 Å². The number of rotatable bonds is 3. The minimum atomic E-state index is 0.670. The molecule has 0 N–H and O–H groups in total. The Morgan fingerprint density at radius 3 is 2.82 bits per heavy atom. The summed E-state index contributed by atoms with van der Waals surface area (Å²) in [6, 6.07) is 1.87. The Morgan fingerprint density at radius 2 is 2.36 bits per heavy atom. The predicted octanol–water partition coefficient (Wildman–Crippen LogP) is 0.788. The molecule has 60 valence electrons. The molecule has 0 fully saturated rings. The molecule has 1 aromatic heterocycles. The Balaban J connectivity index is 2.66. The lowest BCUT2D eigenvalue weighted by Gasteiger charge is -1.95. The lowest BCUT2D eigenvalue weighted by atomic mass is 10.6. The summed E-state index contributed by atoms with van der Waals surface area (Å²) in [5.41, 5.74) is 0. The van der Waals surface area contributed by atoms with Crippen molar-refractivity contribution in [1.29, 1.82) is 0 Å². The average Bonchev–Trinajstić information content (AvgIpc) is 2.07. The molecule has 3 nitrogen and oxygen atoms in total. The molecule has 0 unspecified atom stereocenters. The minimum absolute atomic E-state index is 0.670. The van der Waals surface area contributed by atoms with Gasteiger partial charge in [0.2, 0.25) is 0 Å². The lowest BCUT2D eigenvalue weighted by Crippen LogP contribution is -2.31. The highest BCUT2D eigenvalue weighted by Crippen LogP contribution is 1.99. The third-order valence-electron chi connectivity index (χ3n) is 1.40. The van der Waals surface area contributed by atoms with E-state index in [1.807, 2.05) is 23.8 Å². The molecule has 1 rings (SSSR count). The van der Waals surface area contributed by atoms with E-state index in [0.29, 0.717) is 12.5 Å². The van der Waals surface area contributed by atoms with Crippen molar-refractivity contribution in [2.45, 2.75) is 20.4 Å². The maximum atomic E-state index is 5.18. The molecule has 3 heteroatoms. The zero-order valence-corrected chi connectivity index (χ0v) is 6.95. The first kappa shape index (κ1) is 7.98. The summed E-state index contributed by atoms with van der Waals surface area (Å²) in [4.78, 5) is 4.08. The van der Waals surface area contributed by atoms with E-state index in [9.17, 15) is 0 Å². The van der Waals surface area contributed by atoms with Crippen molar-refractivity contribution in [1.82, 2.24) is 4.98 Å². The molecule has 0 aliphatic rings. The minimum Gasteiger partial charge on any atom is -0.460 e. The third-order valence-corrected chi connectivity index (χ3v) is 1.40. The molecule has 1 heterocycles. The fourth-order valence-electron chi connectivity index (χ4n) is 0.792. The Bertz CT molecular complexity index is 208. The van der Waals surface area contributed by atoms with Crippen LogP contribution in [0.5, 0.6) is 5.88 Å². The van der Waals surface area contributed by atoms with Gasteiger partial charge in [0.1, 0.15) is 0 Å². The van der Waals surface area contributed by atoms with Crippen LogP contribution >= 0.6 is 0 Å². The van der Waals surface area contributed by atoms with Crippen molar-refractivity contribution in [2.75, 3.05) is 6.61 Å². The predicted molar refractivity (Wildman–Crippen MR) is 41.3 cm³/mol. The van der Waals surface area contributed by atoms with Gasteiger partial charge in [-0.2, -0.15) is 0 Å². The van der Waals surface area contributed by atoms with Gasteiger partial charge in [-0.15, -0.1) is 0 Å². The van der Waals surface area contributed by atoms with Crippen molar-refractivity contribution in [2.24, 2.45) is 0 Å². The highest BCUT2D eigenvalue weighted by Gasteiger charge is 2.00. The van der Waals surface area contributed by atoms with E-state index < -0.39 is 0 Å². The molecule has 0 spiro atoms. The van der Waals surface area contributed by atoms with Crippen molar-refractivity contribution in [3.8, 4) is 5.88 Å². The summed E-state index contributed by atoms with van der Waals surface area (Å²) >= 11 is 0. The van der Waals surface area contributed by atoms with Crippen LogP contribution in [-0.2, 0) is 6.54 Å². The second kappa shape index (κ2) is 3.91. The monoisotopic (exact) mass is 153 g/mol. The van der Waals surface area contributed by atoms with Crippen molar-refractivity contribution >= 4 is 0 Å². The number of hydrogen-bond acceptors (Lipinski definition) is 2. The van der Waals surface area contributed by atoms with E-state index in [0.717, 1.165) is 6.54 Å². The molecule has 0 aliphatic heterocycles. The van der Waals surface area contributed by atoms with Crippen LogP contribution in [0.4, 0.5) is 0 Å². The summed E-state index contributed by atoms with van der Waals surface area (Å²) in [5, 5.41) is 0. The number of aromatic nitrogens is 2. The standard InChI is InChI=1S/C8H13N2O/c1-3-10-6-5-8(9-7-10)11-4-2/h5-7H,3-4H2,1-2H3/q+1. The molecular weight excluding hydrogens is 140 g/mol. The lowest BCUT2D eigenvalue weighted by molar-refractivity contribution is -0.696.